The number of aryl methyl sites for hydroxylation is 1. The summed E-state index contributed by atoms with van der Waals surface area (Å²) in [6.07, 6.45) is 2.89. The van der Waals surface area contributed by atoms with E-state index in [0.717, 1.165) is 11.3 Å². The molecule has 0 spiro atoms. The summed E-state index contributed by atoms with van der Waals surface area (Å²) in [4.78, 5) is 32.7. The van der Waals surface area contributed by atoms with Gasteiger partial charge in [-0.1, -0.05) is 11.3 Å². The molecule has 0 atom stereocenters. The number of ether oxygens (including phenoxy) is 1. The highest BCUT2D eigenvalue weighted by Gasteiger charge is 2.18. The maximum Gasteiger partial charge on any atom is 0.350 e. The largest absolute Gasteiger partial charge is 0.462 e. The Bertz CT molecular complexity index is 950. The van der Waals surface area contributed by atoms with Gasteiger partial charge >= 0.3 is 5.97 Å². The molecular weight excluding hydrogens is 347 g/mol. The Balaban J connectivity index is 1.69. The second kappa shape index (κ2) is 6.98. The summed E-state index contributed by atoms with van der Waals surface area (Å²) in [5.41, 5.74) is 1.56. The van der Waals surface area contributed by atoms with Crippen molar-refractivity contribution in [3.63, 3.8) is 0 Å². The quantitative estimate of drug-likeness (QED) is 0.705. The van der Waals surface area contributed by atoms with E-state index in [1.807, 2.05) is 0 Å². The third kappa shape index (κ3) is 3.82. The Morgan fingerprint density at radius 2 is 2.12 bits per heavy atom. The van der Waals surface area contributed by atoms with Crippen LogP contribution < -0.4 is 5.32 Å². The van der Waals surface area contributed by atoms with Gasteiger partial charge in [0.15, 0.2) is 5.13 Å². The minimum Gasteiger partial charge on any atom is -0.462 e. The Labute approximate surface area is 146 Å². The van der Waals surface area contributed by atoms with Crippen LogP contribution >= 0.6 is 11.3 Å². The summed E-state index contributed by atoms with van der Waals surface area (Å²) in [7, 11) is 0. The lowest BCUT2D eigenvalue weighted by molar-refractivity contribution is -0.115. The number of nitrogens with zero attached hydrogens (tertiary/aromatic N) is 3. The molecule has 0 fully saturated rings. The lowest BCUT2D eigenvalue weighted by Crippen LogP contribution is -2.14. The van der Waals surface area contributed by atoms with Gasteiger partial charge in [0.05, 0.1) is 24.4 Å². The molecule has 3 heterocycles. The van der Waals surface area contributed by atoms with Crippen molar-refractivity contribution in [1.29, 1.82) is 0 Å². The van der Waals surface area contributed by atoms with Crippen molar-refractivity contribution in [2.75, 3.05) is 11.9 Å². The number of anilines is 1. The molecule has 0 aliphatic heterocycles. The SMILES string of the molecule is CCOC(=O)c1sc(NC(=O)Cc2cn3cc(F)ccc3n2)nc1C. The molecule has 3 aromatic heterocycles. The number of carbonyl (C=O) groups excluding carboxylic acids is 2. The van der Waals surface area contributed by atoms with Gasteiger partial charge in [-0.3, -0.25) is 4.79 Å². The average Bonchev–Trinajstić information content (AvgIpc) is 3.09. The fourth-order valence-corrected chi connectivity index (χ4v) is 3.14. The molecule has 130 valence electrons. The molecule has 1 amide bonds. The number of aromatic nitrogens is 3. The number of hydrogen-bond acceptors (Lipinski definition) is 6. The summed E-state index contributed by atoms with van der Waals surface area (Å²) in [6, 6.07) is 2.84. The zero-order chi connectivity index (χ0) is 18.0. The number of rotatable bonds is 5. The first-order valence-corrected chi connectivity index (χ1v) is 8.35. The first kappa shape index (κ1) is 17.0. The van der Waals surface area contributed by atoms with Crippen molar-refractivity contribution in [2.45, 2.75) is 20.3 Å². The summed E-state index contributed by atoms with van der Waals surface area (Å²) in [5.74, 6) is -1.17. The van der Waals surface area contributed by atoms with Crippen molar-refractivity contribution in [3.8, 4) is 0 Å². The number of hydrogen-bond donors (Lipinski definition) is 1. The predicted molar refractivity (Wildman–Crippen MR) is 90.3 cm³/mol. The molecule has 0 aromatic carbocycles. The van der Waals surface area contributed by atoms with Crippen LogP contribution in [0.3, 0.4) is 0 Å². The zero-order valence-electron chi connectivity index (χ0n) is 13.6. The highest BCUT2D eigenvalue weighted by molar-refractivity contribution is 7.17. The molecule has 7 nitrogen and oxygen atoms in total. The summed E-state index contributed by atoms with van der Waals surface area (Å²) in [6.45, 7) is 3.67. The molecule has 0 saturated heterocycles. The Morgan fingerprint density at radius 3 is 2.88 bits per heavy atom. The second-order valence-electron chi connectivity index (χ2n) is 5.22. The van der Waals surface area contributed by atoms with Gasteiger partial charge in [0.2, 0.25) is 5.91 Å². The van der Waals surface area contributed by atoms with E-state index in [9.17, 15) is 14.0 Å². The number of nitrogens with one attached hydrogen (secondary N) is 1. The van der Waals surface area contributed by atoms with Crippen LogP contribution in [-0.2, 0) is 16.0 Å². The third-order valence-electron chi connectivity index (χ3n) is 3.31. The topological polar surface area (TPSA) is 85.6 Å². The molecule has 0 aliphatic rings. The van der Waals surface area contributed by atoms with E-state index in [2.05, 4.69) is 15.3 Å². The fourth-order valence-electron chi connectivity index (χ4n) is 2.27. The lowest BCUT2D eigenvalue weighted by Gasteiger charge is -1.99. The van der Waals surface area contributed by atoms with Crippen molar-refractivity contribution in [3.05, 3.63) is 46.6 Å². The van der Waals surface area contributed by atoms with Crippen LogP contribution in [0, 0.1) is 12.7 Å². The third-order valence-corrected chi connectivity index (χ3v) is 4.36. The summed E-state index contributed by atoms with van der Waals surface area (Å²) >= 11 is 1.06. The molecule has 0 unspecified atom stereocenters. The maximum atomic E-state index is 13.2. The minimum absolute atomic E-state index is 0.0106. The second-order valence-corrected chi connectivity index (χ2v) is 6.22. The van der Waals surface area contributed by atoms with Crippen LogP contribution in [0.4, 0.5) is 9.52 Å². The number of fused-ring (bicyclic) bond motifs is 1. The van der Waals surface area contributed by atoms with Gasteiger partial charge in [0, 0.05) is 12.4 Å². The molecule has 0 bridgehead atoms. The number of halogens is 1. The standard InChI is InChI=1S/C16H15FN4O3S/c1-3-24-15(23)14-9(2)18-16(25-14)20-13(22)6-11-8-21-7-10(17)4-5-12(21)19-11/h4-5,7-8H,3,6H2,1-2H3,(H,18,20,22). The van der Waals surface area contributed by atoms with Crippen molar-refractivity contribution < 1.29 is 18.7 Å². The number of thiazole rings is 1. The van der Waals surface area contributed by atoms with Crippen LogP contribution in [0.5, 0.6) is 0 Å². The van der Waals surface area contributed by atoms with Crippen LogP contribution in [0.15, 0.2) is 24.5 Å². The van der Waals surface area contributed by atoms with Crippen molar-refractivity contribution >= 4 is 34.0 Å². The normalized spacial score (nSPS) is 10.8. The molecule has 9 heteroatoms. The predicted octanol–water partition coefficient (Wildman–Crippen LogP) is 2.60. The van der Waals surface area contributed by atoms with Crippen LogP contribution in [0.1, 0.15) is 28.0 Å². The lowest BCUT2D eigenvalue weighted by atomic mass is 10.3. The fraction of sp³-hybridized carbons (Fsp3) is 0.250. The van der Waals surface area contributed by atoms with Gasteiger partial charge in [0.1, 0.15) is 16.3 Å². The molecule has 3 aromatic rings. The van der Waals surface area contributed by atoms with E-state index >= 15 is 0 Å². The molecular formula is C16H15FN4O3S. The first-order valence-electron chi connectivity index (χ1n) is 7.53. The average molecular weight is 362 g/mol. The summed E-state index contributed by atoms with van der Waals surface area (Å²) in [5, 5.41) is 2.96. The van der Waals surface area contributed by atoms with Gasteiger partial charge in [0.25, 0.3) is 0 Å². The molecule has 3 rings (SSSR count). The number of amides is 1. The molecule has 0 saturated carbocycles. The van der Waals surface area contributed by atoms with Gasteiger partial charge in [-0.05, 0) is 26.0 Å². The first-order chi connectivity index (χ1) is 12.0. The highest BCUT2D eigenvalue weighted by Crippen LogP contribution is 2.23. The molecule has 0 aliphatic carbocycles. The van der Waals surface area contributed by atoms with Crippen LogP contribution in [0.2, 0.25) is 0 Å². The van der Waals surface area contributed by atoms with Gasteiger partial charge in [-0.2, -0.15) is 0 Å². The van der Waals surface area contributed by atoms with E-state index in [1.54, 1.807) is 20.0 Å². The molecule has 25 heavy (non-hydrogen) atoms. The van der Waals surface area contributed by atoms with Crippen LogP contribution in [0.25, 0.3) is 5.65 Å². The Morgan fingerprint density at radius 1 is 1.32 bits per heavy atom. The van der Waals surface area contributed by atoms with Gasteiger partial charge in [-0.15, -0.1) is 0 Å². The number of imidazole rings is 1. The van der Waals surface area contributed by atoms with E-state index in [0.29, 0.717) is 27.0 Å². The smallest absolute Gasteiger partial charge is 0.350 e. The highest BCUT2D eigenvalue weighted by atomic mass is 32.1. The monoisotopic (exact) mass is 362 g/mol. The van der Waals surface area contributed by atoms with Crippen molar-refractivity contribution in [2.24, 2.45) is 0 Å². The summed E-state index contributed by atoms with van der Waals surface area (Å²) < 4.78 is 19.6. The number of carbonyl (C=O) groups is 2. The van der Waals surface area contributed by atoms with Gasteiger partial charge in [-0.25, -0.2) is 19.2 Å². The van der Waals surface area contributed by atoms with E-state index < -0.39 is 5.97 Å². The van der Waals surface area contributed by atoms with Crippen molar-refractivity contribution in [1.82, 2.24) is 14.4 Å². The molecule has 0 radical (unpaired) electrons. The van der Waals surface area contributed by atoms with E-state index in [4.69, 9.17) is 4.74 Å². The van der Waals surface area contributed by atoms with E-state index in [-0.39, 0.29) is 24.8 Å². The molecule has 1 N–H and O–H groups in total. The Hall–Kier alpha value is -2.81. The Kier molecular flexibility index (Phi) is 4.75. The number of pyridine rings is 1. The number of esters is 1. The zero-order valence-corrected chi connectivity index (χ0v) is 14.4. The van der Waals surface area contributed by atoms with Crippen LogP contribution in [-0.4, -0.2) is 32.9 Å². The minimum atomic E-state index is -0.458. The van der Waals surface area contributed by atoms with E-state index in [1.165, 1.54) is 22.7 Å². The van der Waals surface area contributed by atoms with Gasteiger partial charge < -0.3 is 14.5 Å². The maximum absolute atomic E-state index is 13.2.